The lowest BCUT2D eigenvalue weighted by Crippen LogP contribution is -2.54. The summed E-state index contributed by atoms with van der Waals surface area (Å²) in [5.74, 6) is -3.29. The minimum absolute atomic E-state index is 0.0827. The van der Waals surface area contributed by atoms with Crippen molar-refractivity contribution in [2.24, 2.45) is 0 Å². The van der Waals surface area contributed by atoms with Gasteiger partial charge >= 0.3 is 5.69 Å². The SMILES string of the molecule is C=CC(=O)N1CCN(c2nc(=O)n(-c3c(F)cccc3CCC)c3nc(-c4c(O)cccc4F)c(F)cc23)[C@@H](C)C1. The number of pyridine rings is 1. The first-order chi connectivity index (χ1) is 19.7. The minimum atomic E-state index is -0.971. The molecule has 1 atom stereocenters. The molecule has 0 bridgehead atoms. The van der Waals surface area contributed by atoms with Crippen LogP contribution in [0.1, 0.15) is 25.8 Å². The van der Waals surface area contributed by atoms with Gasteiger partial charge in [0.25, 0.3) is 0 Å². The van der Waals surface area contributed by atoms with Gasteiger partial charge in [0, 0.05) is 25.7 Å². The molecule has 41 heavy (non-hydrogen) atoms. The number of carbonyl (C=O) groups excluding carboxylic acids is 1. The minimum Gasteiger partial charge on any atom is -0.507 e. The molecule has 2 aromatic carbocycles. The molecule has 212 valence electrons. The van der Waals surface area contributed by atoms with E-state index in [0.29, 0.717) is 31.5 Å². The van der Waals surface area contributed by atoms with Crippen LogP contribution in [-0.4, -0.2) is 56.1 Å². The highest BCUT2D eigenvalue weighted by atomic mass is 19.1. The summed E-state index contributed by atoms with van der Waals surface area (Å²) in [6.07, 6.45) is 2.30. The van der Waals surface area contributed by atoms with E-state index in [1.54, 1.807) is 15.9 Å². The Balaban J connectivity index is 1.82. The number of anilines is 1. The van der Waals surface area contributed by atoms with Crippen molar-refractivity contribution in [1.29, 1.82) is 0 Å². The number of piperazine rings is 1. The molecule has 4 aromatic rings. The molecule has 0 spiro atoms. The normalized spacial score (nSPS) is 15.4. The fourth-order valence-electron chi connectivity index (χ4n) is 5.33. The number of amides is 1. The fourth-order valence-corrected chi connectivity index (χ4v) is 5.33. The zero-order valence-corrected chi connectivity index (χ0v) is 22.6. The van der Waals surface area contributed by atoms with Crippen molar-refractivity contribution in [1.82, 2.24) is 19.4 Å². The number of aromatic nitrogens is 3. The maximum Gasteiger partial charge on any atom is 0.355 e. The van der Waals surface area contributed by atoms with Crippen LogP contribution in [0.5, 0.6) is 5.75 Å². The number of hydrogen-bond donors (Lipinski definition) is 1. The Labute approximate surface area is 234 Å². The van der Waals surface area contributed by atoms with Crippen molar-refractivity contribution in [3.05, 3.63) is 88.6 Å². The van der Waals surface area contributed by atoms with Crippen molar-refractivity contribution in [2.45, 2.75) is 32.7 Å². The predicted octanol–water partition coefficient (Wildman–Crippen LogP) is 4.75. The number of carbonyl (C=O) groups is 1. The van der Waals surface area contributed by atoms with Crippen LogP contribution in [0.15, 0.2) is 59.9 Å². The zero-order valence-electron chi connectivity index (χ0n) is 22.6. The summed E-state index contributed by atoms with van der Waals surface area (Å²) in [4.78, 5) is 37.9. The third kappa shape index (κ3) is 4.92. The number of hydrogen-bond acceptors (Lipinski definition) is 6. The Hall–Kier alpha value is -4.67. The highest BCUT2D eigenvalue weighted by molar-refractivity contribution is 5.91. The Morgan fingerprint density at radius 3 is 2.51 bits per heavy atom. The molecule has 5 rings (SSSR count). The Kier molecular flexibility index (Phi) is 7.53. The molecular formula is C30H28F3N5O3. The third-order valence-corrected chi connectivity index (χ3v) is 7.23. The summed E-state index contributed by atoms with van der Waals surface area (Å²) in [5.41, 5.74) is -1.62. The van der Waals surface area contributed by atoms with Crippen molar-refractivity contribution in [2.75, 3.05) is 24.5 Å². The van der Waals surface area contributed by atoms with Gasteiger partial charge in [-0.1, -0.05) is 38.1 Å². The average Bonchev–Trinajstić information content (AvgIpc) is 2.94. The standard InChI is InChI=1S/C30H28F3N5O3/c1-4-8-18-9-6-11-21(32)27(18)38-29-19(15-22(33)26(34-29)25-20(31)10-7-12-23(25)39)28(35-30(38)41)37-14-13-36(16-17(37)3)24(40)5-2/h5-7,9-12,15,17,39H,2,4,8,13-14,16H2,1,3H3/t17-/m0/s1. The van der Waals surface area contributed by atoms with Crippen LogP contribution in [0.25, 0.3) is 28.0 Å². The number of phenols is 1. The Morgan fingerprint density at radius 2 is 1.83 bits per heavy atom. The number of para-hydroxylation sites is 1. The molecule has 8 nitrogen and oxygen atoms in total. The molecule has 11 heteroatoms. The average molecular weight is 564 g/mol. The van der Waals surface area contributed by atoms with Gasteiger partial charge in [0.2, 0.25) is 5.91 Å². The number of benzene rings is 2. The van der Waals surface area contributed by atoms with Crippen molar-refractivity contribution in [3.8, 4) is 22.7 Å². The van der Waals surface area contributed by atoms with E-state index < -0.39 is 40.1 Å². The van der Waals surface area contributed by atoms with E-state index in [4.69, 9.17) is 0 Å². The number of rotatable bonds is 6. The van der Waals surface area contributed by atoms with Crippen LogP contribution in [0.3, 0.4) is 0 Å². The second kappa shape index (κ2) is 11.1. The molecule has 1 fully saturated rings. The van der Waals surface area contributed by atoms with E-state index >= 15 is 8.78 Å². The van der Waals surface area contributed by atoms with E-state index in [0.717, 1.165) is 16.7 Å². The molecule has 1 N–H and O–H groups in total. The molecule has 0 aliphatic carbocycles. The summed E-state index contributed by atoms with van der Waals surface area (Å²) < 4.78 is 47.0. The highest BCUT2D eigenvalue weighted by Gasteiger charge is 2.31. The Morgan fingerprint density at radius 1 is 1.10 bits per heavy atom. The van der Waals surface area contributed by atoms with Crippen LogP contribution in [-0.2, 0) is 11.2 Å². The van der Waals surface area contributed by atoms with Crippen LogP contribution >= 0.6 is 0 Å². The second-order valence-corrected chi connectivity index (χ2v) is 9.91. The van der Waals surface area contributed by atoms with Crippen LogP contribution < -0.4 is 10.6 Å². The maximum absolute atomic E-state index is 15.7. The smallest absolute Gasteiger partial charge is 0.355 e. The van der Waals surface area contributed by atoms with Crippen LogP contribution in [0.2, 0.25) is 0 Å². The first kappa shape index (κ1) is 27.9. The van der Waals surface area contributed by atoms with Gasteiger partial charge in [-0.2, -0.15) is 4.98 Å². The summed E-state index contributed by atoms with van der Waals surface area (Å²) in [5, 5.41) is 10.5. The molecule has 0 saturated carbocycles. The molecule has 3 heterocycles. The largest absolute Gasteiger partial charge is 0.507 e. The number of aromatic hydroxyl groups is 1. The van der Waals surface area contributed by atoms with Crippen LogP contribution in [0.4, 0.5) is 19.0 Å². The van der Waals surface area contributed by atoms with Gasteiger partial charge in [-0.25, -0.2) is 27.5 Å². The lowest BCUT2D eigenvalue weighted by molar-refractivity contribution is -0.126. The molecule has 1 saturated heterocycles. The highest BCUT2D eigenvalue weighted by Crippen LogP contribution is 2.36. The predicted molar refractivity (Wildman–Crippen MR) is 150 cm³/mol. The van der Waals surface area contributed by atoms with Crippen molar-refractivity contribution < 1.29 is 23.1 Å². The summed E-state index contributed by atoms with van der Waals surface area (Å²) in [7, 11) is 0. The van der Waals surface area contributed by atoms with Crippen LogP contribution in [0, 0.1) is 17.5 Å². The quantitative estimate of drug-likeness (QED) is 0.341. The molecule has 1 aliphatic heterocycles. The van der Waals surface area contributed by atoms with E-state index in [9.17, 15) is 19.1 Å². The van der Waals surface area contributed by atoms with Gasteiger partial charge < -0.3 is 14.9 Å². The first-order valence-electron chi connectivity index (χ1n) is 13.2. The van der Waals surface area contributed by atoms with Gasteiger partial charge in [-0.3, -0.25) is 4.79 Å². The van der Waals surface area contributed by atoms with E-state index in [1.807, 2.05) is 13.8 Å². The third-order valence-electron chi connectivity index (χ3n) is 7.23. The number of halogens is 3. The molecule has 1 aliphatic rings. The summed E-state index contributed by atoms with van der Waals surface area (Å²) in [6.45, 7) is 8.12. The lowest BCUT2D eigenvalue weighted by atomic mass is 10.1. The first-order valence-corrected chi connectivity index (χ1v) is 13.2. The Bertz CT molecular complexity index is 1720. The number of nitrogens with zero attached hydrogens (tertiary/aromatic N) is 5. The molecule has 1 amide bonds. The van der Waals surface area contributed by atoms with Gasteiger partial charge in [-0.15, -0.1) is 0 Å². The van der Waals surface area contributed by atoms with Gasteiger partial charge in [0.1, 0.15) is 28.9 Å². The molecule has 0 unspecified atom stereocenters. The summed E-state index contributed by atoms with van der Waals surface area (Å²) in [6, 6.07) is 8.64. The van der Waals surface area contributed by atoms with Gasteiger partial charge in [-0.05, 0) is 49.2 Å². The van der Waals surface area contributed by atoms with E-state index in [-0.39, 0.29) is 41.0 Å². The fraction of sp³-hybridized carbons (Fsp3) is 0.267. The van der Waals surface area contributed by atoms with Gasteiger partial charge in [0.15, 0.2) is 11.5 Å². The number of aryl methyl sites for hydroxylation is 1. The van der Waals surface area contributed by atoms with Crippen molar-refractivity contribution >= 4 is 22.8 Å². The van der Waals surface area contributed by atoms with Crippen molar-refractivity contribution in [3.63, 3.8) is 0 Å². The monoisotopic (exact) mass is 563 g/mol. The molecular weight excluding hydrogens is 535 g/mol. The molecule has 2 aromatic heterocycles. The summed E-state index contributed by atoms with van der Waals surface area (Å²) >= 11 is 0. The number of fused-ring (bicyclic) bond motifs is 1. The number of phenolic OH excluding ortho intramolecular Hbond substituents is 1. The molecule has 0 radical (unpaired) electrons. The zero-order chi connectivity index (χ0) is 29.4. The second-order valence-electron chi connectivity index (χ2n) is 9.91. The van der Waals surface area contributed by atoms with E-state index in [1.165, 1.54) is 30.3 Å². The van der Waals surface area contributed by atoms with Gasteiger partial charge in [0.05, 0.1) is 16.6 Å². The lowest BCUT2D eigenvalue weighted by Gasteiger charge is -2.40. The topological polar surface area (TPSA) is 91.6 Å². The maximum atomic E-state index is 15.7. The van der Waals surface area contributed by atoms with E-state index in [2.05, 4.69) is 16.5 Å².